The zero-order chi connectivity index (χ0) is 17.7. The van der Waals surface area contributed by atoms with E-state index in [9.17, 15) is 0 Å². The Bertz CT molecular complexity index is 757. The minimum atomic E-state index is -0.632. The molecule has 0 N–H and O–H groups in total. The number of rotatable bonds is 7. The lowest BCUT2D eigenvalue weighted by Gasteiger charge is -2.26. The molecule has 6 heteroatoms. The van der Waals surface area contributed by atoms with Crippen molar-refractivity contribution in [2.45, 2.75) is 51.9 Å². The molecule has 0 unspecified atom stereocenters. The fourth-order valence-corrected chi connectivity index (χ4v) is 3.15. The van der Waals surface area contributed by atoms with Crippen molar-refractivity contribution in [2.24, 2.45) is 0 Å². The fourth-order valence-electron chi connectivity index (χ4n) is 3.15. The highest BCUT2D eigenvalue weighted by atomic mass is 16.7. The Kier molecular flexibility index (Phi) is 5.47. The van der Waals surface area contributed by atoms with Gasteiger partial charge in [0.1, 0.15) is 0 Å². The summed E-state index contributed by atoms with van der Waals surface area (Å²) in [4.78, 5) is 0. The summed E-state index contributed by atoms with van der Waals surface area (Å²) >= 11 is 0. The van der Waals surface area contributed by atoms with Crippen LogP contribution in [0.3, 0.4) is 0 Å². The standard InChI is InChI=1S/C19H24N4O2/c1-15-4-5-16(2)17(12-15)13-23-14-18(21-22-23)6-8-19(7-3-9-20)24-10-11-25-19/h4-5,12,14H,3,6-8,10-11,13H2,1-2H3. The highest BCUT2D eigenvalue weighted by molar-refractivity contribution is 5.30. The van der Waals surface area contributed by atoms with Crippen LogP contribution in [-0.2, 0) is 22.4 Å². The van der Waals surface area contributed by atoms with Crippen molar-refractivity contribution >= 4 is 0 Å². The van der Waals surface area contributed by atoms with Crippen molar-refractivity contribution in [2.75, 3.05) is 13.2 Å². The van der Waals surface area contributed by atoms with Crippen LogP contribution in [0, 0.1) is 25.2 Å². The summed E-state index contributed by atoms with van der Waals surface area (Å²) in [5.74, 6) is -0.632. The van der Waals surface area contributed by atoms with E-state index in [0.29, 0.717) is 39.0 Å². The monoisotopic (exact) mass is 340 g/mol. The SMILES string of the molecule is Cc1ccc(C)c(Cn2cc(CCC3(CCC#N)OCCO3)nn2)c1. The van der Waals surface area contributed by atoms with Gasteiger partial charge in [-0.25, -0.2) is 4.68 Å². The summed E-state index contributed by atoms with van der Waals surface area (Å²) in [6, 6.07) is 8.61. The first-order valence-corrected chi connectivity index (χ1v) is 8.70. The van der Waals surface area contributed by atoms with Crippen molar-refractivity contribution in [3.63, 3.8) is 0 Å². The lowest BCUT2D eigenvalue weighted by Crippen LogP contribution is -2.30. The molecule has 0 amide bonds. The number of ether oxygens (including phenoxy) is 2. The number of benzene rings is 1. The van der Waals surface area contributed by atoms with Gasteiger partial charge in [0.05, 0.1) is 31.5 Å². The second-order valence-electron chi connectivity index (χ2n) is 6.60. The summed E-state index contributed by atoms with van der Waals surface area (Å²) < 4.78 is 13.4. The van der Waals surface area contributed by atoms with E-state index in [2.05, 4.69) is 48.4 Å². The number of nitrogens with zero attached hydrogens (tertiary/aromatic N) is 4. The minimum Gasteiger partial charge on any atom is -0.347 e. The zero-order valence-electron chi connectivity index (χ0n) is 14.9. The molecular weight excluding hydrogens is 316 g/mol. The van der Waals surface area contributed by atoms with Crippen LogP contribution in [0.15, 0.2) is 24.4 Å². The molecule has 1 fully saturated rings. The lowest BCUT2D eigenvalue weighted by atomic mass is 10.0. The Morgan fingerprint density at radius 2 is 2.04 bits per heavy atom. The third-order valence-corrected chi connectivity index (χ3v) is 4.62. The molecule has 1 aliphatic heterocycles. The minimum absolute atomic E-state index is 0.430. The van der Waals surface area contributed by atoms with Crippen molar-refractivity contribution in [3.05, 3.63) is 46.8 Å². The van der Waals surface area contributed by atoms with Crippen molar-refractivity contribution in [1.82, 2.24) is 15.0 Å². The van der Waals surface area contributed by atoms with Gasteiger partial charge in [0.15, 0.2) is 5.79 Å². The average molecular weight is 340 g/mol. The molecule has 0 aliphatic carbocycles. The molecule has 1 aromatic heterocycles. The normalized spacial score (nSPS) is 16.0. The zero-order valence-corrected chi connectivity index (χ0v) is 14.9. The van der Waals surface area contributed by atoms with Gasteiger partial charge < -0.3 is 9.47 Å². The molecule has 0 spiro atoms. The Hall–Kier alpha value is -2.23. The van der Waals surface area contributed by atoms with E-state index in [1.54, 1.807) is 0 Å². The molecule has 132 valence electrons. The molecule has 2 heterocycles. The Labute approximate surface area is 148 Å². The number of nitriles is 1. The van der Waals surface area contributed by atoms with Crippen LogP contribution in [0.4, 0.5) is 0 Å². The maximum absolute atomic E-state index is 8.82. The molecule has 6 nitrogen and oxygen atoms in total. The second-order valence-corrected chi connectivity index (χ2v) is 6.60. The number of hydrogen-bond acceptors (Lipinski definition) is 5. The lowest BCUT2D eigenvalue weighted by molar-refractivity contribution is -0.165. The van der Waals surface area contributed by atoms with Crippen LogP contribution in [0.1, 0.15) is 41.6 Å². The summed E-state index contributed by atoms with van der Waals surface area (Å²) in [5, 5.41) is 17.3. The predicted octanol–water partition coefficient (Wildman–Crippen LogP) is 2.92. The third kappa shape index (κ3) is 4.44. The third-order valence-electron chi connectivity index (χ3n) is 4.62. The van der Waals surface area contributed by atoms with Gasteiger partial charge in [0.25, 0.3) is 0 Å². The molecule has 25 heavy (non-hydrogen) atoms. The van der Waals surface area contributed by atoms with Crippen LogP contribution in [0.25, 0.3) is 0 Å². The number of aromatic nitrogens is 3. The largest absolute Gasteiger partial charge is 0.347 e. The highest BCUT2D eigenvalue weighted by Gasteiger charge is 2.35. The first-order chi connectivity index (χ1) is 12.1. The van der Waals surface area contributed by atoms with E-state index in [4.69, 9.17) is 14.7 Å². The molecule has 2 aromatic rings. The molecule has 0 saturated carbocycles. The number of aryl methyl sites for hydroxylation is 3. The van der Waals surface area contributed by atoms with Gasteiger partial charge >= 0.3 is 0 Å². The molecule has 0 radical (unpaired) electrons. The molecule has 1 saturated heterocycles. The maximum atomic E-state index is 8.82. The second kappa shape index (κ2) is 7.77. The smallest absolute Gasteiger partial charge is 0.169 e. The Balaban J connectivity index is 1.61. The van der Waals surface area contributed by atoms with Crippen LogP contribution in [-0.4, -0.2) is 34.0 Å². The van der Waals surface area contributed by atoms with Gasteiger partial charge in [-0.15, -0.1) is 5.10 Å². The van der Waals surface area contributed by atoms with Gasteiger partial charge in [-0.3, -0.25) is 0 Å². The molecular formula is C19H24N4O2. The van der Waals surface area contributed by atoms with E-state index in [1.165, 1.54) is 16.7 Å². The molecule has 0 bridgehead atoms. The quantitative estimate of drug-likeness (QED) is 0.775. The van der Waals surface area contributed by atoms with Crippen LogP contribution >= 0.6 is 0 Å². The van der Waals surface area contributed by atoms with E-state index in [1.807, 2.05) is 10.9 Å². The van der Waals surface area contributed by atoms with Gasteiger partial charge in [-0.2, -0.15) is 5.26 Å². The fraction of sp³-hybridized carbons (Fsp3) is 0.526. The average Bonchev–Trinajstić information content (AvgIpc) is 3.25. The van der Waals surface area contributed by atoms with Crippen molar-refractivity contribution < 1.29 is 9.47 Å². The van der Waals surface area contributed by atoms with E-state index >= 15 is 0 Å². The Morgan fingerprint density at radius 1 is 1.24 bits per heavy atom. The topological polar surface area (TPSA) is 73.0 Å². The van der Waals surface area contributed by atoms with E-state index in [-0.39, 0.29) is 0 Å². The van der Waals surface area contributed by atoms with Crippen LogP contribution < -0.4 is 0 Å². The van der Waals surface area contributed by atoms with Gasteiger partial charge in [-0.05, 0) is 31.4 Å². The van der Waals surface area contributed by atoms with E-state index in [0.717, 1.165) is 12.1 Å². The van der Waals surface area contributed by atoms with Crippen LogP contribution in [0.2, 0.25) is 0 Å². The Morgan fingerprint density at radius 3 is 2.80 bits per heavy atom. The molecule has 1 aliphatic rings. The summed E-state index contributed by atoms with van der Waals surface area (Å²) in [6.45, 7) is 6.10. The van der Waals surface area contributed by atoms with Crippen molar-refractivity contribution in [1.29, 1.82) is 5.26 Å². The molecule has 3 rings (SSSR count). The summed E-state index contributed by atoms with van der Waals surface area (Å²) in [6.07, 6.45) is 4.42. The van der Waals surface area contributed by atoms with Crippen molar-refractivity contribution in [3.8, 4) is 6.07 Å². The summed E-state index contributed by atoms with van der Waals surface area (Å²) in [7, 11) is 0. The van der Waals surface area contributed by atoms with Gasteiger partial charge in [0.2, 0.25) is 0 Å². The van der Waals surface area contributed by atoms with E-state index < -0.39 is 5.79 Å². The molecule has 1 aromatic carbocycles. The first kappa shape index (κ1) is 17.6. The first-order valence-electron chi connectivity index (χ1n) is 8.70. The maximum Gasteiger partial charge on any atom is 0.169 e. The predicted molar refractivity (Wildman–Crippen MR) is 92.8 cm³/mol. The van der Waals surface area contributed by atoms with Gasteiger partial charge in [-0.1, -0.05) is 29.0 Å². The van der Waals surface area contributed by atoms with Crippen LogP contribution in [0.5, 0.6) is 0 Å². The molecule has 0 atom stereocenters. The highest BCUT2D eigenvalue weighted by Crippen LogP contribution is 2.29. The summed E-state index contributed by atoms with van der Waals surface area (Å²) in [5.41, 5.74) is 4.67. The van der Waals surface area contributed by atoms with Gasteiger partial charge in [0, 0.05) is 25.5 Å². The number of hydrogen-bond donors (Lipinski definition) is 0.